The van der Waals surface area contributed by atoms with Gasteiger partial charge in [-0.05, 0) is 30.7 Å². The van der Waals surface area contributed by atoms with Gasteiger partial charge in [-0.3, -0.25) is 4.79 Å². The fourth-order valence-corrected chi connectivity index (χ4v) is 4.03. The van der Waals surface area contributed by atoms with Crippen molar-refractivity contribution >= 4 is 15.9 Å². The zero-order valence-corrected chi connectivity index (χ0v) is 16.2. The average Bonchev–Trinajstić information content (AvgIpc) is 3.06. The van der Waals surface area contributed by atoms with Crippen LogP contribution in [-0.2, 0) is 21.4 Å². The van der Waals surface area contributed by atoms with Crippen LogP contribution in [0.4, 0.5) is 0 Å². The highest BCUT2D eigenvalue weighted by Gasteiger charge is 2.60. The Bertz CT molecular complexity index is 735. The Morgan fingerprint density at radius 2 is 1.84 bits per heavy atom. The van der Waals surface area contributed by atoms with E-state index < -0.39 is 10.0 Å². The molecule has 6 heteroatoms. The van der Waals surface area contributed by atoms with E-state index in [2.05, 4.69) is 30.0 Å². The molecule has 138 valence electrons. The number of rotatable bonds is 8. The summed E-state index contributed by atoms with van der Waals surface area (Å²) in [4.78, 5) is 12.3. The first-order chi connectivity index (χ1) is 11.6. The van der Waals surface area contributed by atoms with E-state index in [0.717, 1.165) is 5.56 Å². The molecule has 1 aliphatic rings. The molecule has 0 saturated heterocycles. The molecule has 0 aromatic heterocycles. The number of hydrogen-bond acceptors (Lipinski definition) is 3. The van der Waals surface area contributed by atoms with Gasteiger partial charge in [-0.1, -0.05) is 55.8 Å². The van der Waals surface area contributed by atoms with Crippen molar-refractivity contribution in [1.82, 2.24) is 10.0 Å². The van der Waals surface area contributed by atoms with Crippen molar-refractivity contribution in [3.8, 4) is 0 Å². The van der Waals surface area contributed by atoms with E-state index in [4.69, 9.17) is 0 Å². The van der Waals surface area contributed by atoms with E-state index in [-0.39, 0.29) is 42.0 Å². The molecule has 1 aromatic rings. The van der Waals surface area contributed by atoms with Gasteiger partial charge in [0.1, 0.15) is 0 Å². The van der Waals surface area contributed by atoms with Gasteiger partial charge in [0.25, 0.3) is 0 Å². The van der Waals surface area contributed by atoms with Gasteiger partial charge in [0.05, 0.1) is 11.7 Å². The molecule has 2 N–H and O–H groups in total. The second-order valence-corrected chi connectivity index (χ2v) is 9.41. The minimum atomic E-state index is -3.42. The van der Waals surface area contributed by atoms with Crippen LogP contribution >= 0.6 is 0 Å². The normalized spacial score (nSPS) is 21.4. The quantitative estimate of drug-likeness (QED) is 0.696. The summed E-state index contributed by atoms with van der Waals surface area (Å²) in [5.41, 5.74) is 2.03. The van der Waals surface area contributed by atoms with E-state index in [9.17, 15) is 13.2 Å². The van der Waals surface area contributed by atoms with Gasteiger partial charge < -0.3 is 5.32 Å². The summed E-state index contributed by atoms with van der Waals surface area (Å²) in [7, 11) is -3.42. The van der Waals surface area contributed by atoms with Crippen molar-refractivity contribution in [3.05, 3.63) is 47.5 Å². The molecule has 0 radical (unpaired) electrons. The number of hydrogen-bond donors (Lipinski definition) is 2. The molecule has 5 nitrogen and oxygen atoms in total. The number of benzene rings is 1. The number of sulfonamides is 1. The molecule has 2 rings (SSSR count). The van der Waals surface area contributed by atoms with E-state index in [1.165, 1.54) is 5.57 Å². The van der Waals surface area contributed by atoms with Crippen molar-refractivity contribution in [3.63, 3.8) is 0 Å². The summed E-state index contributed by atoms with van der Waals surface area (Å²) < 4.78 is 26.6. The third-order valence-electron chi connectivity index (χ3n) is 4.72. The van der Waals surface area contributed by atoms with Crippen LogP contribution in [0.5, 0.6) is 0 Å². The maximum Gasteiger partial charge on any atom is 0.224 e. The lowest BCUT2D eigenvalue weighted by molar-refractivity contribution is -0.123. The van der Waals surface area contributed by atoms with Gasteiger partial charge in [-0.15, -0.1) is 0 Å². The minimum absolute atomic E-state index is 0.0637. The molecule has 1 aliphatic carbocycles. The highest BCUT2D eigenvalue weighted by atomic mass is 32.2. The maximum atomic E-state index is 12.3. The van der Waals surface area contributed by atoms with Crippen LogP contribution in [0, 0.1) is 17.3 Å². The molecule has 1 amide bonds. The Morgan fingerprint density at radius 1 is 1.20 bits per heavy atom. The predicted octanol–water partition coefficient (Wildman–Crippen LogP) is 2.46. The molecule has 1 fully saturated rings. The molecule has 0 aliphatic heterocycles. The van der Waals surface area contributed by atoms with Crippen molar-refractivity contribution < 1.29 is 13.2 Å². The van der Waals surface area contributed by atoms with Gasteiger partial charge in [0.2, 0.25) is 15.9 Å². The van der Waals surface area contributed by atoms with Crippen LogP contribution in [0.2, 0.25) is 0 Å². The van der Waals surface area contributed by atoms with E-state index >= 15 is 0 Å². The number of allylic oxidation sites excluding steroid dienone is 2. The summed E-state index contributed by atoms with van der Waals surface area (Å²) in [6.45, 7) is 8.56. The molecular formula is C19H28N2O3S. The van der Waals surface area contributed by atoms with Crippen LogP contribution in [0.3, 0.4) is 0 Å². The molecule has 1 saturated carbocycles. The molecule has 0 spiro atoms. The number of carbonyl (C=O) groups is 1. The van der Waals surface area contributed by atoms with Gasteiger partial charge in [0.15, 0.2) is 0 Å². The van der Waals surface area contributed by atoms with Crippen LogP contribution in [-0.4, -0.2) is 26.6 Å². The van der Waals surface area contributed by atoms with Gasteiger partial charge >= 0.3 is 0 Å². The SMILES string of the molecule is CC(C)=CC1C(C(=O)NCCS(=O)(=O)NCc2ccccc2)C1(C)C. The summed E-state index contributed by atoms with van der Waals surface area (Å²) in [5, 5.41) is 2.77. The highest BCUT2D eigenvalue weighted by Crippen LogP contribution is 2.59. The number of nitrogens with one attached hydrogen (secondary N) is 2. The Kier molecular flexibility index (Phi) is 6.06. The summed E-state index contributed by atoms with van der Waals surface area (Å²) in [6.07, 6.45) is 2.13. The minimum Gasteiger partial charge on any atom is -0.355 e. The van der Waals surface area contributed by atoms with E-state index in [0.29, 0.717) is 0 Å². The summed E-state index contributed by atoms with van der Waals surface area (Å²) in [5.74, 6) is -0.0371. The van der Waals surface area contributed by atoms with Crippen molar-refractivity contribution in [2.45, 2.75) is 34.2 Å². The van der Waals surface area contributed by atoms with Gasteiger partial charge in [-0.2, -0.15) is 0 Å². The largest absolute Gasteiger partial charge is 0.355 e. The highest BCUT2D eigenvalue weighted by molar-refractivity contribution is 7.89. The average molecular weight is 365 g/mol. The second kappa shape index (κ2) is 7.70. The fraction of sp³-hybridized carbons (Fsp3) is 0.526. The Morgan fingerprint density at radius 3 is 2.44 bits per heavy atom. The lowest BCUT2D eigenvalue weighted by Crippen LogP contribution is -2.35. The molecule has 2 atom stereocenters. The van der Waals surface area contributed by atoms with Gasteiger partial charge in [0, 0.05) is 13.1 Å². The predicted molar refractivity (Wildman–Crippen MR) is 100 cm³/mol. The van der Waals surface area contributed by atoms with Crippen molar-refractivity contribution in [2.24, 2.45) is 17.3 Å². The topological polar surface area (TPSA) is 75.3 Å². The number of amides is 1. The number of carbonyl (C=O) groups excluding carboxylic acids is 1. The van der Waals surface area contributed by atoms with E-state index in [1.807, 2.05) is 44.2 Å². The molecule has 0 bridgehead atoms. The molecule has 2 unspecified atom stereocenters. The molecule has 1 aromatic carbocycles. The lowest BCUT2D eigenvalue weighted by Gasteiger charge is -2.08. The lowest BCUT2D eigenvalue weighted by atomic mass is 10.1. The first-order valence-corrected chi connectivity index (χ1v) is 10.2. The van der Waals surface area contributed by atoms with Gasteiger partial charge in [-0.25, -0.2) is 13.1 Å². The smallest absolute Gasteiger partial charge is 0.224 e. The Labute approximate surface area is 151 Å². The molecule has 0 heterocycles. The molecule has 25 heavy (non-hydrogen) atoms. The first kappa shape index (κ1) is 19.7. The van der Waals surface area contributed by atoms with Crippen LogP contribution in [0.1, 0.15) is 33.3 Å². The standard InChI is InChI=1S/C19H28N2O3S/c1-14(2)12-16-17(19(16,3)4)18(22)20-10-11-25(23,24)21-13-15-8-6-5-7-9-15/h5-9,12,16-17,21H,10-11,13H2,1-4H3,(H,20,22). The molecular weight excluding hydrogens is 336 g/mol. The van der Waals surface area contributed by atoms with Crippen LogP contribution in [0.25, 0.3) is 0 Å². The fourth-order valence-electron chi connectivity index (χ4n) is 3.13. The Balaban J connectivity index is 1.78. The zero-order valence-electron chi connectivity index (χ0n) is 15.4. The Hall–Kier alpha value is -1.66. The first-order valence-electron chi connectivity index (χ1n) is 8.57. The third-order valence-corrected chi connectivity index (χ3v) is 6.04. The summed E-state index contributed by atoms with van der Waals surface area (Å²) in [6, 6.07) is 9.34. The van der Waals surface area contributed by atoms with Crippen molar-refractivity contribution in [1.29, 1.82) is 0 Å². The third kappa shape index (κ3) is 5.41. The zero-order chi connectivity index (χ0) is 18.7. The monoisotopic (exact) mass is 364 g/mol. The maximum absolute atomic E-state index is 12.3. The van der Waals surface area contributed by atoms with Crippen LogP contribution in [0.15, 0.2) is 42.0 Å². The van der Waals surface area contributed by atoms with E-state index in [1.54, 1.807) is 0 Å². The second-order valence-electron chi connectivity index (χ2n) is 7.49. The van der Waals surface area contributed by atoms with Crippen LogP contribution < -0.4 is 10.0 Å². The summed E-state index contributed by atoms with van der Waals surface area (Å²) >= 11 is 0. The van der Waals surface area contributed by atoms with Crippen molar-refractivity contribution in [2.75, 3.05) is 12.3 Å².